The molecule has 28 heteroatoms. The van der Waals surface area contributed by atoms with Gasteiger partial charge in [-0.2, -0.15) is 0 Å². The van der Waals surface area contributed by atoms with E-state index >= 15 is 4.79 Å². The number of rotatable bonds is 12. The van der Waals surface area contributed by atoms with Crippen molar-refractivity contribution in [1.29, 1.82) is 0 Å². The molecule has 4 heterocycles. The monoisotopic (exact) mass is 1210 g/mol. The van der Waals surface area contributed by atoms with E-state index < -0.39 is 145 Å². The standard InChI is InChI=1S/C56H73N5O21P2/c1-26(2)25-60-18-20-61(21-19-60)34-23-35(63)43-37(24-34)80-52-44(58-43)40-41-47(67)32(8)51-42(40)53(69)56(10,82-51)78-22-17-36(77-11)29(5)50(79-33(9)62)31(7)46(66)30(6)49(27(3)13-12-14-28(4)54(70)59-45(52)48(41)68)81-39(65)16-15-38(64)57-55(83(71,72)73)84(74,75)76/h12-14,17,22-24,26-27,29-31,36,46,49-50,55,66-67,69H,15-16,18-21,25H2,1-11H3,(H,57,64)(H,59,70)(H2,71,72,73)(H2,74,75,76)/b13-12+,22-17+,28-14-/t27-,29+,30-,31+,36-,46+,49-,50+,56-/m0/s1. The predicted octanol–water partition coefficient (Wildman–Crippen LogP) is 4.42. The van der Waals surface area contributed by atoms with Crippen LogP contribution >= 0.6 is 15.2 Å². The van der Waals surface area contributed by atoms with Crippen LogP contribution in [0.1, 0.15) is 80.7 Å². The van der Waals surface area contributed by atoms with Crippen molar-refractivity contribution in [3.63, 3.8) is 0 Å². The zero-order valence-corrected chi connectivity index (χ0v) is 50.1. The summed E-state index contributed by atoms with van der Waals surface area (Å²) < 4.78 is 60.1. The number of allylic oxidation sites excluding steroid dienone is 2. The number of carbonyl (C=O) groups excluding carboxylic acids is 4. The van der Waals surface area contributed by atoms with Gasteiger partial charge in [0, 0.05) is 118 Å². The Morgan fingerprint density at radius 3 is 2.14 bits per heavy atom. The van der Waals surface area contributed by atoms with Gasteiger partial charge in [0.15, 0.2) is 22.4 Å². The maximum Gasteiger partial charge on any atom is 0.360 e. The van der Waals surface area contributed by atoms with Crippen LogP contribution in [0.15, 0.2) is 62.3 Å². The topological polar surface area (TPSA) is 381 Å². The van der Waals surface area contributed by atoms with Crippen molar-refractivity contribution < 1.29 is 91.3 Å². The third kappa shape index (κ3) is 13.7. The number of fused-ring (bicyclic) bond motifs is 2. The van der Waals surface area contributed by atoms with E-state index in [0.717, 1.165) is 32.8 Å². The van der Waals surface area contributed by atoms with E-state index in [1.54, 1.807) is 32.2 Å². The summed E-state index contributed by atoms with van der Waals surface area (Å²) in [6, 6.07) is 3.04. The third-order valence-electron chi connectivity index (χ3n) is 15.5. The molecule has 0 radical (unpaired) electrons. The summed E-state index contributed by atoms with van der Waals surface area (Å²) in [5, 5.41) is 39.9. The second-order valence-corrected chi connectivity index (χ2v) is 26.1. The molecule has 4 aromatic rings. The van der Waals surface area contributed by atoms with Crippen LogP contribution in [0.3, 0.4) is 0 Å². The van der Waals surface area contributed by atoms with Gasteiger partial charge in [-0.1, -0.05) is 59.8 Å². The number of phenolic OH excluding ortho intramolecular Hbond substituents is 1. The number of amides is 2. The smallest absolute Gasteiger partial charge is 0.360 e. The normalized spacial score (nSPS) is 26.5. The Hall–Kier alpha value is -6.73. The van der Waals surface area contributed by atoms with Crippen molar-refractivity contribution >= 4 is 89.1 Å². The minimum absolute atomic E-state index is 0.0197. The first-order chi connectivity index (χ1) is 39.2. The van der Waals surface area contributed by atoms with Crippen molar-refractivity contribution in [2.45, 2.75) is 118 Å². The van der Waals surface area contributed by atoms with Gasteiger partial charge in [-0.3, -0.25) is 42.8 Å². The van der Waals surface area contributed by atoms with Gasteiger partial charge < -0.3 is 78.5 Å². The lowest BCUT2D eigenvalue weighted by atomic mass is 9.78. The number of aromatic nitrogens is 1. The number of nitrogens with zero attached hydrogens (tertiary/aromatic N) is 3. The molecule has 2 amide bonds. The largest absolute Gasteiger partial charge is 0.507 e. The van der Waals surface area contributed by atoms with Crippen molar-refractivity contribution in [3.05, 3.63) is 79.5 Å². The van der Waals surface area contributed by atoms with E-state index in [1.165, 1.54) is 65.2 Å². The molecule has 458 valence electrons. The van der Waals surface area contributed by atoms with Crippen molar-refractivity contribution in [3.8, 4) is 11.5 Å². The van der Waals surface area contributed by atoms with E-state index in [1.807, 2.05) is 4.90 Å². The van der Waals surface area contributed by atoms with Crippen LogP contribution in [0.2, 0.25) is 0 Å². The Balaban J connectivity index is 1.37. The minimum atomic E-state index is -5.58. The number of carbonyl (C=O) groups is 4. The average molecular weight is 1210 g/mol. The highest BCUT2D eigenvalue weighted by atomic mass is 31.2. The minimum Gasteiger partial charge on any atom is -0.507 e. The summed E-state index contributed by atoms with van der Waals surface area (Å²) in [7, 11) is -9.81. The molecule has 84 heavy (non-hydrogen) atoms. The number of ether oxygens (including phenoxy) is 5. The van der Waals surface area contributed by atoms with Gasteiger partial charge in [-0.25, -0.2) is 4.98 Å². The number of aliphatic hydroxyl groups excluding tert-OH is 2. The van der Waals surface area contributed by atoms with Gasteiger partial charge >= 0.3 is 32.9 Å². The third-order valence-corrected chi connectivity index (χ3v) is 18.8. The number of hydrogen-bond acceptors (Lipinski definition) is 20. The molecule has 3 aromatic carbocycles. The highest BCUT2D eigenvalue weighted by Crippen LogP contribution is 2.58. The molecule has 1 aromatic heterocycles. The molecule has 1 fully saturated rings. The van der Waals surface area contributed by atoms with Crippen LogP contribution in [-0.4, -0.2) is 144 Å². The Morgan fingerprint density at radius 1 is 0.893 bits per heavy atom. The number of aliphatic hydroxyl groups is 2. The number of hydrogen-bond donors (Lipinski definition) is 9. The Labute approximate surface area is 482 Å². The Kier molecular flexibility index (Phi) is 19.7. The number of nitrogens with one attached hydrogen (secondary N) is 2. The molecule has 3 aliphatic heterocycles. The van der Waals surface area contributed by atoms with Crippen molar-refractivity contribution in [1.82, 2.24) is 15.2 Å². The SMILES string of the molecule is CO[C@H]1/C=C/O[C@@]2(C)Oc3c(C)c(O)c4c(=O)c(c5oc6cc(N7CCN(CC(C)C)CC7)cc(=O)c6nc5c4c3=C2O)NC(=O)/C(C)=C\C=C\[C@H](C)[C@H](OC(=O)CCC(=O)NC(P(=O)(O)O)P(=O)(O)O)[C@@H](C)[C@@H](O)[C@@H](C)[C@H](OC(C)=O)[C@@H]1C. The van der Waals surface area contributed by atoms with Gasteiger partial charge in [-0.05, 0) is 25.8 Å². The predicted molar refractivity (Wildman–Crippen MR) is 308 cm³/mol. The lowest BCUT2D eigenvalue weighted by molar-refractivity contribution is -0.165. The summed E-state index contributed by atoms with van der Waals surface area (Å²) in [6.45, 7) is 19.5. The lowest BCUT2D eigenvalue weighted by Crippen LogP contribution is -2.47. The quantitative estimate of drug-likeness (QED) is 0.0410. The molecule has 1 saturated heterocycles. The summed E-state index contributed by atoms with van der Waals surface area (Å²) >= 11 is 0. The molecule has 9 N–H and O–H groups in total. The van der Waals surface area contributed by atoms with Crippen molar-refractivity contribution in [2.24, 2.45) is 29.6 Å². The van der Waals surface area contributed by atoms with Gasteiger partial charge in [0.1, 0.15) is 34.9 Å². The number of anilines is 2. The van der Waals surface area contributed by atoms with Crippen LogP contribution in [0.4, 0.5) is 11.4 Å². The number of piperazine rings is 1. The second kappa shape index (κ2) is 25.5. The molecular weight excluding hydrogens is 1140 g/mol. The maximum atomic E-state index is 15.1. The van der Waals surface area contributed by atoms with Crippen LogP contribution in [0.25, 0.3) is 38.7 Å². The molecule has 9 atom stereocenters. The molecular formula is C56H73N5O21P2. The van der Waals surface area contributed by atoms with Crippen LogP contribution in [-0.2, 0) is 47.3 Å². The number of aromatic hydroxyl groups is 1. The molecule has 26 nitrogen and oxygen atoms in total. The fraction of sp³-hybridized carbons (Fsp3) is 0.518. The number of benzene rings is 3. The average Bonchev–Trinajstić information content (AvgIpc) is 1.36. The first-order valence-electron chi connectivity index (χ1n) is 27.2. The zero-order chi connectivity index (χ0) is 62.2. The molecule has 3 aliphatic rings. The summed E-state index contributed by atoms with van der Waals surface area (Å²) in [5.74, 6) is -10.7. The fourth-order valence-electron chi connectivity index (χ4n) is 11.0. The Bertz CT molecular complexity index is 3600. The zero-order valence-electron chi connectivity index (χ0n) is 48.3. The molecule has 0 spiro atoms. The van der Waals surface area contributed by atoms with Gasteiger partial charge in [0.05, 0.1) is 35.5 Å². The first-order valence-corrected chi connectivity index (χ1v) is 30.6. The summed E-state index contributed by atoms with van der Waals surface area (Å²) in [6.07, 6.45) is 0.335. The van der Waals surface area contributed by atoms with Gasteiger partial charge in [-0.15, -0.1) is 0 Å². The fourth-order valence-corrected chi connectivity index (χ4v) is 13.2. The van der Waals surface area contributed by atoms with Crippen LogP contribution < -0.4 is 36.3 Å². The molecule has 0 unspecified atom stereocenters. The maximum absolute atomic E-state index is 15.1. The first kappa shape index (κ1) is 64.8. The number of phenols is 1. The molecule has 0 saturated carbocycles. The number of methoxy groups -OCH3 is 1. The number of esters is 2. The highest BCUT2D eigenvalue weighted by Gasteiger charge is 2.46. The summed E-state index contributed by atoms with van der Waals surface area (Å²) in [5.41, 5.74) is -5.20. The lowest BCUT2D eigenvalue weighted by Gasteiger charge is -2.39. The van der Waals surface area contributed by atoms with E-state index in [4.69, 9.17) is 33.1 Å². The van der Waals surface area contributed by atoms with Crippen LogP contribution in [0.5, 0.6) is 11.5 Å². The Morgan fingerprint density at radius 2 is 1.54 bits per heavy atom. The van der Waals surface area contributed by atoms with E-state index in [9.17, 15) is 68.0 Å². The van der Waals surface area contributed by atoms with E-state index in [2.05, 4.69) is 24.1 Å². The highest BCUT2D eigenvalue weighted by molar-refractivity contribution is 7.70. The van der Waals surface area contributed by atoms with Gasteiger partial charge in [0.25, 0.3) is 5.91 Å². The van der Waals surface area contributed by atoms with Crippen LogP contribution in [0, 0.1) is 36.5 Å². The summed E-state index contributed by atoms with van der Waals surface area (Å²) in [4.78, 5) is 130. The molecule has 4 bridgehead atoms. The van der Waals surface area contributed by atoms with E-state index in [-0.39, 0.29) is 49.7 Å². The van der Waals surface area contributed by atoms with Crippen molar-refractivity contribution in [2.75, 3.05) is 50.1 Å². The second-order valence-electron chi connectivity index (χ2n) is 22.3. The van der Waals surface area contributed by atoms with E-state index in [0.29, 0.717) is 24.7 Å². The molecule has 7 rings (SSSR count). The molecule has 0 aliphatic carbocycles. The van der Waals surface area contributed by atoms with Gasteiger partial charge in [0.2, 0.25) is 22.3 Å².